The Morgan fingerprint density at radius 1 is 0.750 bits per heavy atom. The van der Waals surface area contributed by atoms with Crippen molar-refractivity contribution in [3.8, 4) is 0 Å². The predicted molar refractivity (Wildman–Crippen MR) is 117 cm³/mol. The molecule has 3 aromatic carbocycles. The van der Waals surface area contributed by atoms with Crippen molar-refractivity contribution in [3.05, 3.63) is 110 Å². The van der Waals surface area contributed by atoms with Crippen LogP contribution in [0.4, 0.5) is 11.4 Å². The molecule has 1 saturated heterocycles. The molecule has 0 saturated carbocycles. The first-order valence-corrected chi connectivity index (χ1v) is 9.95. The van der Waals surface area contributed by atoms with Crippen LogP contribution >= 0.6 is 0 Å². The Balaban J connectivity index is 1.60. The van der Waals surface area contributed by atoms with Crippen LogP contribution in [0.3, 0.4) is 0 Å². The molecule has 1 fully saturated rings. The highest BCUT2D eigenvalue weighted by atomic mass is 16.6. The lowest BCUT2D eigenvalue weighted by atomic mass is 9.85. The molecule has 0 radical (unpaired) electrons. The molecule has 5 rings (SSSR count). The van der Waals surface area contributed by atoms with Gasteiger partial charge in [-0.15, -0.1) is 0 Å². The summed E-state index contributed by atoms with van der Waals surface area (Å²) in [5.41, 5.74) is 9.80. The quantitative estimate of drug-likeness (QED) is 0.320. The number of aromatic nitrogens is 2. The Labute approximate surface area is 181 Å². The number of hydrazine groups is 1. The number of hydrogen-bond acceptors (Lipinski definition) is 7. The number of non-ortho nitro benzene ring substituents is 2. The Morgan fingerprint density at radius 3 is 2.12 bits per heavy atom. The molecule has 0 aliphatic carbocycles. The Bertz CT molecular complexity index is 1290. The first-order valence-electron chi connectivity index (χ1n) is 9.95. The summed E-state index contributed by atoms with van der Waals surface area (Å²) in [5.74, 6) is 0.453. The van der Waals surface area contributed by atoms with E-state index in [1.165, 1.54) is 18.2 Å². The first-order chi connectivity index (χ1) is 15.5. The van der Waals surface area contributed by atoms with E-state index in [4.69, 9.17) is 4.98 Å². The van der Waals surface area contributed by atoms with Gasteiger partial charge in [-0.3, -0.25) is 20.2 Å². The third-order valence-corrected chi connectivity index (χ3v) is 5.74. The molecule has 3 N–H and O–H groups in total. The summed E-state index contributed by atoms with van der Waals surface area (Å²) in [4.78, 5) is 29.6. The van der Waals surface area contributed by atoms with E-state index in [2.05, 4.69) is 15.8 Å². The number of hydrogen-bond donors (Lipinski definition) is 3. The molecule has 1 aliphatic heterocycles. The van der Waals surface area contributed by atoms with Gasteiger partial charge in [-0.05, 0) is 23.3 Å². The highest BCUT2D eigenvalue weighted by Crippen LogP contribution is 2.44. The summed E-state index contributed by atoms with van der Waals surface area (Å²) in [6.07, 6.45) is 0. The number of nitrogens with zero attached hydrogens (tertiary/aromatic N) is 3. The van der Waals surface area contributed by atoms with Crippen molar-refractivity contribution in [3.63, 3.8) is 0 Å². The molecule has 1 aromatic heterocycles. The zero-order valence-corrected chi connectivity index (χ0v) is 16.6. The van der Waals surface area contributed by atoms with Gasteiger partial charge >= 0.3 is 0 Å². The maximum absolute atomic E-state index is 11.3. The van der Waals surface area contributed by atoms with E-state index >= 15 is 0 Å². The van der Waals surface area contributed by atoms with Gasteiger partial charge in [0.15, 0.2) is 0 Å². The van der Waals surface area contributed by atoms with E-state index in [1.54, 1.807) is 24.3 Å². The van der Waals surface area contributed by atoms with Crippen molar-refractivity contribution in [2.75, 3.05) is 0 Å². The SMILES string of the molecule is O=[N+]([O-])c1ccc(C2NNC(c3cccc([N+](=O)[O-])c3)C2c2nc3ccccc3[nH]2)cc1. The predicted octanol–water partition coefficient (Wildman–Crippen LogP) is 4.05. The molecule has 32 heavy (non-hydrogen) atoms. The lowest BCUT2D eigenvalue weighted by molar-refractivity contribution is -0.385. The molecule has 3 unspecified atom stereocenters. The molecule has 10 heteroatoms. The van der Waals surface area contributed by atoms with Crippen molar-refractivity contribution in [1.29, 1.82) is 0 Å². The van der Waals surface area contributed by atoms with Crippen LogP contribution in [-0.2, 0) is 0 Å². The molecule has 10 nitrogen and oxygen atoms in total. The van der Waals surface area contributed by atoms with Crippen LogP contribution in [0.2, 0.25) is 0 Å². The number of imidazole rings is 1. The van der Waals surface area contributed by atoms with Crippen molar-refractivity contribution < 1.29 is 9.85 Å². The fraction of sp³-hybridized carbons (Fsp3) is 0.136. The molecule has 4 aromatic rings. The van der Waals surface area contributed by atoms with Gasteiger partial charge in [-0.1, -0.05) is 36.4 Å². The number of rotatable bonds is 5. The highest BCUT2D eigenvalue weighted by Gasteiger charge is 2.41. The smallest absolute Gasteiger partial charge is 0.269 e. The average molecular weight is 430 g/mol. The number of para-hydroxylation sites is 2. The van der Waals surface area contributed by atoms with Crippen LogP contribution in [0.15, 0.2) is 72.8 Å². The van der Waals surface area contributed by atoms with E-state index in [-0.39, 0.29) is 29.4 Å². The number of benzene rings is 3. The second-order valence-corrected chi connectivity index (χ2v) is 7.61. The fourth-order valence-electron chi connectivity index (χ4n) is 4.21. The molecule has 1 aliphatic rings. The standard InChI is InChI=1S/C22H18N6O4/c29-27(30)15-10-8-13(9-11-15)20-19(22-23-17-6-1-2-7-18(17)24-22)21(26-25-20)14-4-3-5-16(12-14)28(31)32/h1-12,19-21,25-26H,(H,23,24). The molecule has 160 valence electrons. The summed E-state index contributed by atoms with van der Waals surface area (Å²) in [5, 5.41) is 22.4. The molecule has 0 amide bonds. The second-order valence-electron chi connectivity index (χ2n) is 7.61. The first kappa shape index (κ1) is 19.8. The van der Waals surface area contributed by atoms with E-state index in [1.807, 2.05) is 30.3 Å². The third kappa shape index (κ3) is 3.47. The fourth-order valence-corrected chi connectivity index (χ4v) is 4.21. The van der Waals surface area contributed by atoms with Crippen LogP contribution < -0.4 is 10.9 Å². The van der Waals surface area contributed by atoms with Crippen LogP contribution in [0.25, 0.3) is 11.0 Å². The number of fused-ring (bicyclic) bond motifs is 1. The van der Waals surface area contributed by atoms with Crippen LogP contribution in [0.1, 0.15) is 35.0 Å². The van der Waals surface area contributed by atoms with Crippen molar-refractivity contribution in [1.82, 2.24) is 20.8 Å². The van der Waals surface area contributed by atoms with Crippen LogP contribution in [0.5, 0.6) is 0 Å². The minimum absolute atomic E-state index is 0.00596. The highest BCUT2D eigenvalue weighted by molar-refractivity contribution is 5.75. The van der Waals surface area contributed by atoms with Crippen molar-refractivity contribution >= 4 is 22.4 Å². The minimum Gasteiger partial charge on any atom is -0.342 e. The second kappa shape index (κ2) is 7.84. The lowest BCUT2D eigenvalue weighted by Crippen LogP contribution is -2.26. The van der Waals surface area contributed by atoms with Gasteiger partial charge in [0.2, 0.25) is 0 Å². The number of nitro groups is 2. The summed E-state index contributed by atoms with van der Waals surface area (Å²) in [6.45, 7) is 0. The largest absolute Gasteiger partial charge is 0.342 e. The van der Waals surface area contributed by atoms with Gasteiger partial charge in [-0.2, -0.15) is 0 Å². The maximum atomic E-state index is 11.3. The van der Waals surface area contributed by atoms with Gasteiger partial charge in [-0.25, -0.2) is 15.8 Å². The Hall–Kier alpha value is -4.15. The molecule has 3 atom stereocenters. The number of nitro benzene ring substituents is 2. The molecular weight excluding hydrogens is 412 g/mol. The Morgan fingerprint density at radius 2 is 1.44 bits per heavy atom. The van der Waals surface area contributed by atoms with Crippen LogP contribution in [-0.4, -0.2) is 19.8 Å². The topological polar surface area (TPSA) is 139 Å². The minimum atomic E-state index is -0.438. The molecule has 0 spiro atoms. The van der Waals surface area contributed by atoms with E-state index < -0.39 is 9.85 Å². The van der Waals surface area contributed by atoms with Crippen molar-refractivity contribution in [2.24, 2.45) is 0 Å². The molecule has 2 heterocycles. The van der Waals surface area contributed by atoms with Gasteiger partial charge in [0.05, 0.1) is 38.9 Å². The zero-order chi connectivity index (χ0) is 22.2. The van der Waals surface area contributed by atoms with E-state index in [0.29, 0.717) is 5.82 Å². The average Bonchev–Trinajstić information content (AvgIpc) is 3.43. The number of nitrogens with one attached hydrogen (secondary N) is 3. The summed E-state index contributed by atoms with van der Waals surface area (Å²) < 4.78 is 0. The van der Waals surface area contributed by atoms with Gasteiger partial charge in [0.25, 0.3) is 11.4 Å². The summed E-state index contributed by atoms with van der Waals surface area (Å²) >= 11 is 0. The summed E-state index contributed by atoms with van der Waals surface area (Å²) in [6, 6.07) is 19.9. The van der Waals surface area contributed by atoms with E-state index in [0.717, 1.165) is 22.2 Å². The Kier molecular flexibility index (Phi) is 4.85. The summed E-state index contributed by atoms with van der Waals surface area (Å²) in [7, 11) is 0. The molecule has 0 bridgehead atoms. The van der Waals surface area contributed by atoms with Gasteiger partial charge < -0.3 is 4.98 Å². The zero-order valence-electron chi connectivity index (χ0n) is 16.6. The third-order valence-electron chi connectivity index (χ3n) is 5.74. The lowest BCUT2D eigenvalue weighted by Gasteiger charge is -2.21. The number of H-pyrrole nitrogens is 1. The number of aromatic amines is 1. The van der Waals surface area contributed by atoms with Crippen LogP contribution in [0, 0.1) is 20.2 Å². The van der Waals surface area contributed by atoms with Crippen molar-refractivity contribution in [2.45, 2.75) is 18.0 Å². The van der Waals surface area contributed by atoms with Gasteiger partial charge in [0.1, 0.15) is 5.82 Å². The molecular formula is C22H18N6O4. The normalized spacial score (nSPS) is 20.4. The maximum Gasteiger partial charge on any atom is 0.269 e. The monoisotopic (exact) mass is 430 g/mol. The van der Waals surface area contributed by atoms with Gasteiger partial charge in [0, 0.05) is 24.3 Å². The van der Waals surface area contributed by atoms with E-state index in [9.17, 15) is 20.2 Å².